The molecule has 152 valence electrons. The lowest BCUT2D eigenvalue weighted by atomic mass is 9.93. The molecule has 0 saturated heterocycles. The first-order chi connectivity index (χ1) is 13.3. The molecular formula is C20H24O8. The van der Waals surface area contributed by atoms with Crippen LogP contribution in [0.15, 0.2) is 46.6 Å². The van der Waals surface area contributed by atoms with Gasteiger partial charge in [0, 0.05) is 0 Å². The normalized spacial score (nSPS) is 21.0. The maximum Gasteiger partial charge on any atom is 0.309 e. The summed E-state index contributed by atoms with van der Waals surface area (Å²) in [6, 6.07) is 0. The third-order valence-corrected chi connectivity index (χ3v) is 3.92. The van der Waals surface area contributed by atoms with E-state index in [1.54, 1.807) is 24.3 Å². The molecule has 1 rings (SSSR count). The smallest absolute Gasteiger partial charge is 0.309 e. The Morgan fingerprint density at radius 1 is 0.571 bits per heavy atom. The topological polar surface area (TPSA) is 105 Å². The van der Waals surface area contributed by atoms with Gasteiger partial charge in [0.25, 0.3) is 0 Å². The molecule has 8 nitrogen and oxygen atoms in total. The van der Waals surface area contributed by atoms with Crippen LogP contribution in [0.5, 0.6) is 0 Å². The first-order valence-electron chi connectivity index (χ1n) is 8.41. The van der Waals surface area contributed by atoms with E-state index in [2.05, 4.69) is 4.74 Å². The first kappa shape index (κ1) is 22.9. The van der Waals surface area contributed by atoms with Crippen molar-refractivity contribution < 1.29 is 38.1 Å². The molecule has 0 radical (unpaired) electrons. The van der Waals surface area contributed by atoms with Crippen LogP contribution in [0.1, 0.15) is 25.7 Å². The van der Waals surface area contributed by atoms with Gasteiger partial charge < -0.3 is 18.9 Å². The largest absolute Gasteiger partial charge is 0.469 e. The van der Waals surface area contributed by atoms with Crippen molar-refractivity contribution in [2.24, 2.45) is 0 Å². The molecular weight excluding hydrogens is 368 g/mol. The predicted molar refractivity (Wildman–Crippen MR) is 98.9 cm³/mol. The van der Waals surface area contributed by atoms with Crippen molar-refractivity contribution in [3.63, 3.8) is 0 Å². The first-order valence-corrected chi connectivity index (χ1v) is 8.41. The van der Waals surface area contributed by atoms with E-state index in [1.807, 2.05) is 0 Å². The Bertz CT molecular complexity index is 752. The summed E-state index contributed by atoms with van der Waals surface area (Å²) in [6.45, 7) is 0. The fourth-order valence-electron chi connectivity index (χ4n) is 2.44. The summed E-state index contributed by atoms with van der Waals surface area (Å²) >= 11 is 0. The lowest BCUT2D eigenvalue weighted by Crippen LogP contribution is -2.09. The molecule has 28 heavy (non-hydrogen) atoms. The molecule has 0 atom stereocenters. The van der Waals surface area contributed by atoms with Gasteiger partial charge in [-0.2, -0.15) is 0 Å². The molecule has 0 saturated carbocycles. The quantitative estimate of drug-likeness (QED) is 0.456. The van der Waals surface area contributed by atoms with E-state index in [0.29, 0.717) is 22.3 Å². The van der Waals surface area contributed by atoms with E-state index in [-0.39, 0.29) is 25.7 Å². The van der Waals surface area contributed by atoms with Gasteiger partial charge in [-0.3, -0.25) is 19.2 Å². The fourth-order valence-corrected chi connectivity index (χ4v) is 2.44. The maximum absolute atomic E-state index is 11.8. The standard InChI is InChI=1S/C20H24O8/c1-25-17(21)9-13-5-6-15(11-19(23)27-3)16(12-20(24)28-4)8-14(7-13)10-18(22)26-2/h5-8H,9-12H2,1-4H3/b6-5-,13-5?,13-7+,14-7?,14-8+,15-6?,16-8?,16-15-. The Morgan fingerprint density at radius 2 is 1.00 bits per heavy atom. The highest BCUT2D eigenvalue weighted by Crippen LogP contribution is 2.25. The van der Waals surface area contributed by atoms with Crippen LogP contribution >= 0.6 is 0 Å². The molecule has 0 amide bonds. The number of carbonyl (C=O) groups is 4. The molecule has 8 heteroatoms. The van der Waals surface area contributed by atoms with Crippen LogP contribution in [0.3, 0.4) is 0 Å². The minimum Gasteiger partial charge on any atom is -0.469 e. The average Bonchev–Trinajstić information content (AvgIpc) is 2.68. The molecule has 0 aromatic rings. The second-order valence-corrected chi connectivity index (χ2v) is 5.83. The Morgan fingerprint density at radius 3 is 1.50 bits per heavy atom. The number of esters is 4. The SMILES string of the molecule is COC(=O)CC1=C/C(CC(=O)OC)=C\C(CC(=O)OC)=C(CC(=O)OC)/C=C\1. The zero-order valence-electron chi connectivity index (χ0n) is 16.4. The van der Waals surface area contributed by atoms with Crippen LogP contribution in [0.25, 0.3) is 0 Å². The predicted octanol–water partition coefficient (Wildman–Crippen LogP) is 1.96. The highest BCUT2D eigenvalue weighted by molar-refractivity contribution is 5.79. The van der Waals surface area contributed by atoms with Crippen LogP contribution in [0, 0.1) is 0 Å². The summed E-state index contributed by atoms with van der Waals surface area (Å²) in [4.78, 5) is 47.1. The van der Waals surface area contributed by atoms with E-state index in [1.165, 1.54) is 28.4 Å². The molecule has 0 bridgehead atoms. The van der Waals surface area contributed by atoms with Crippen LogP contribution < -0.4 is 0 Å². The van der Waals surface area contributed by atoms with Crippen molar-refractivity contribution in [3.05, 3.63) is 46.6 Å². The van der Waals surface area contributed by atoms with E-state index >= 15 is 0 Å². The van der Waals surface area contributed by atoms with Gasteiger partial charge in [0.15, 0.2) is 0 Å². The number of carbonyl (C=O) groups excluding carboxylic acids is 4. The van der Waals surface area contributed by atoms with Gasteiger partial charge in [-0.25, -0.2) is 0 Å². The molecule has 0 heterocycles. The molecule has 0 spiro atoms. The Balaban J connectivity index is 3.44. The van der Waals surface area contributed by atoms with Gasteiger partial charge in [0.1, 0.15) is 0 Å². The molecule has 0 aromatic heterocycles. The number of ether oxygens (including phenoxy) is 4. The fraction of sp³-hybridized carbons (Fsp3) is 0.400. The summed E-state index contributed by atoms with van der Waals surface area (Å²) < 4.78 is 18.8. The van der Waals surface area contributed by atoms with Gasteiger partial charge in [0.2, 0.25) is 0 Å². The highest BCUT2D eigenvalue weighted by Gasteiger charge is 2.17. The van der Waals surface area contributed by atoms with Crippen LogP contribution in [-0.4, -0.2) is 52.3 Å². The lowest BCUT2D eigenvalue weighted by Gasteiger charge is -2.14. The zero-order chi connectivity index (χ0) is 21.1. The molecule has 0 aromatic carbocycles. The Labute approximate surface area is 163 Å². The summed E-state index contributed by atoms with van der Waals surface area (Å²) in [7, 11) is 5.06. The van der Waals surface area contributed by atoms with Gasteiger partial charge in [-0.05, 0) is 22.3 Å². The highest BCUT2D eigenvalue weighted by atomic mass is 16.5. The summed E-state index contributed by atoms with van der Waals surface area (Å²) in [5, 5.41) is 0. The van der Waals surface area contributed by atoms with Gasteiger partial charge in [-0.1, -0.05) is 24.3 Å². The monoisotopic (exact) mass is 392 g/mol. The molecule has 0 aliphatic heterocycles. The third-order valence-electron chi connectivity index (χ3n) is 3.92. The third kappa shape index (κ3) is 7.61. The molecule has 0 fully saturated rings. The maximum atomic E-state index is 11.8. The second kappa shape index (κ2) is 11.5. The van der Waals surface area contributed by atoms with Crippen LogP contribution in [-0.2, 0) is 38.1 Å². The second-order valence-electron chi connectivity index (χ2n) is 5.83. The van der Waals surface area contributed by atoms with E-state index in [4.69, 9.17) is 14.2 Å². The van der Waals surface area contributed by atoms with Crippen LogP contribution in [0.2, 0.25) is 0 Å². The summed E-state index contributed by atoms with van der Waals surface area (Å²) in [5.41, 5.74) is 2.09. The number of rotatable bonds is 8. The van der Waals surface area contributed by atoms with Crippen molar-refractivity contribution in [2.75, 3.05) is 28.4 Å². The van der Waals surface area contributed by atoms with Gasteiger partial charge in [-0.15, -0.1) is 0 Å². The average molecular weight is 392 g/mol. The number of hydrogen-bond acceptors (Lipinski definition) is 8. The zero-order valence-corrected chi connectivity index (χ0v) is 16.4. The minimum atomic E-state index is -0.501. The molecule has 0 N–H and O–H groups in total. The van der Waals surface area contributed by atoms with Gasteiger partial charge in [0.05, 0.1) is 54.1 Å². The van der Waals surface area contributed by atoms with E-state index < -0.39 is 23.9 Å². The Hall–Kier alpha value is -3.16. The van der Waals surface area contributed by atoms with Crippen molar-refractivity contribution in [1.82, 2.24) is 0 Å². The lowest BCUT2D eigenvalue weighted by molar-refractivity contribution is -0.141. The number of methoxy groups -OCH3 is 4. The summed E-state index contributed by atoms with van der Waals surface area (Å²) in [5.74, 6) is -1.94. The van der Waals surface area contributed by atoms with Crippen molar-refractivity contribution in [3.8, 4) is 0 Å². The number of hydrogen-bond donors (Lipinski definition) is 0. The number of allylic oxidation sites excluding steroid dienone is 4. The summed E-state index contributed by atoms with van der Waals surface area (Å²) in [6.07, 6.45) is 6.25. The molecule has 1 aliphatic rings. The van der Waals surface area contributed by atoms with Gasteiger partial charge >= 0.3 is 23.9 Å². The van der Waals surface area contributed by atoms with E-state index in [0.717, 1.165) is 0 Å². The minimum absolute atomic E-state index is 0.0245. The Kier molecular flexibility index (Phi) is 9.42. The van der Waals surface area contributed by atoms with E-state index in [9.17, 15) is 19.2 Å². The van der Waals surface area contributed by atoms with Crippen molar-refractivity contribution >= 4 is 23.9 Å². The van der Waals surface area contributed by atoms with Crippen molar-refractivity contribution in [2.45, 2.75) is 25.7 Å². The van der Waals surface area contributed by atoms with Crippen molar-refractivity contribution in [1.29, 1.82) is 0 Å². The molecule has 1 aliphatic carbocycles. The van der Waals surface area contributed by atoms with Crippen LogP contribution in [0.4, 0.5) is 0 Å². The molecule has 0 unspecified atom stereocenters.